The van der Waals surface area contributed by atoms with E-state index in [0.717, 1.165) is 45.3 Å². The molecule has 0 N–H and O–H groups in total. The molecule has 0 spiro atoms. The summed E-state index contributed by atoms with van der Waals surface area (Å²) in [4.78, 5) is 24.0. The smallest absolute Gasteiger partial charge is 0.255 e. The Kier molecular flexibility index (Phi) is 6.82. The summed E-state index contributed by atoms with van der Waals surface area (Å²) in [6.45, 7) is 3.20. The average Bonchev–Trinajstić information content (AvgIpc) is 3.34. The second-order valence-corrected chi connectivity index (χ2v) is 8.29. The summed E-state index contributed by atoms with van der Waals surface area (Å²) in [6, 6.07) is 3.45. The molecule has 4 heterocycles. The van der Waals surface area contributed by atoms with Gasteiger partial charge in [0.15, 0.2) is 5.82 Å². The standard InChI is InChI=1S/C22H30N4O5/c1-28-13-9-22(21-24-19(31-25-21)16-6-11-30-12-7-16)8-3-10-26(15-22)20(27)17-4-5-18(29-2)23-14-17/h4-5,14,16H,3,6-13,15H2,1-2H3. The van der Waals surface area contributed by atoms with E-state index in [4.69, 9.17) is 23.7 Å². The zero-order valence-corrected chi connectivity index (χ0v) is 18.2. The molecule has 0 bridgehead atoms. The fraction of sp³-hybridized carbons (Fsp3) is 0.636. The van der Waals surface area contributed by atoms with Gasteiger partial charge >= 0.3 is 0 Å². The van der Waals surface area contributed by atoms with Crippen molar-refractivity contribution < 1.29 is 23.5 Å². The molecule has 2 saturated heterocycles. The van der Waals surface area contributed by atoms with Crippen molar-refractivity contribution in [1.29, 1.82) is 0 Å². The van der Waals surface area contributed by atoms with Crippen LogP contribution in [-0.4, -0.2) is 73.1 Å². The van der Waals surface area contributed by atoms with Gasteiger partial charge in [-0.3, -0.25) is 4.79 Å². The van der Waals surface area contributed by atoms with E-state index in [9.17, 15) is 4.79 Å². The van der Waals surface area contributed by atoms with Crippen molar-refractivity contribution in [2.75, 3.05) is 47.1 Å². The Bertz CT molecular complexity index is 865. The van der Waals surface area contributed by atoms with Crippen molar-refractivity contribution >= 4 is 5.91 Å². The maximum atomic E-state index is 13.2. The molecule has 2 aromatic heterocycles. The lowest BCUT2D eigenvalue weighted by Gasteiger charge is -2.41. The third-order valence-corrected chi connectivity index (χ3v) is 6.33. The number of piperidine rings is 1. The number of nitrogens with zero attached hydrogens (tertiary/aromatic N) is 4. The third kappa shape index (κ3) is 4.72. The highest BCUT2D eigenvalue weighted by atomic mass is 16.5. The predicted octanol–water partition coefficient (Wildman–Crippen LogP) is 2.58. The van der Waals surface area contributed by atoms with Crippen LogP contribution in [0.4, 0.5) is 0 Å². The molecule has 1 atom stereocenters. The maximum Gasteiger partial charge on any atom is 0.255 e. The number of hydrogen-bond acceptors (Lipinski definition) is 8. The number of pyridine rings is 1. The van der Waals surface area contributed by atoms with Crippen molar-refractivity contribution in [1.82, 2.24) is 20.0 Å². The number of ether oxygens (including phenoxy) is 3. The van der Waals surface area contributed by atoms with Crippen LogP contribution in [0, 0.1) is 0 Å². The second-order valence-electron chi connectivity index (χ2n) is 8.29. The molecule has 2 aliphatic rings. The van der Waals surface area contributed by atoms with Crippen LogP contribution < -0.4 is 4.74 Å². The van der Waals surface area contributed by atoms with Crippen LogP contribution in [-0.2, 0) is 14.9 Å². The lowest BCUT2D eigenvalue weighted by Crippen LogP contribution is -2.49. The summed E-state index contributed by atoms with van der Waals surface area (Å²) >= 11 is 0. The van der Waals surface area contributed by atoms with Gasteiger partial charge in [0.05, 0.1) is 18.1 Å². The fourth-order valence-electron chi connectivity index (χ4n) is 4.47. The fourth-order valence-corrected chi connectivity index (χ4v) is 4.47. The molecule has 4 rings (SSSR count). The van der Waals surface area contributed by atoms with Crippen LogP contribution in [0.25, 0.3) is 0 Å². The lowest BCUT2D eigenvalue weighted by atomic mass is 9.76. The summed E-state index contributed by atoms with van der Waals surface area (Å²) in [5, 5.41) is 4.38. The van der Waals surface area contributed by atoms with Gasteiger partial charge in [0.25, 0.3) is 5.91 Å². The van der Waals surface area contributed by atoms with E-state index < -0.39 is 5.41 Å². The number of methoxy groups -OCH3 is 2. The summed E-state index contributed by atoms with van der Waals surface area (Å²) in [5.74, 6) is 2.03. The van der Waals surface area contributed by atoms with Gasteiger partial charge in [-0.2, -0.15) is 4.98 Å². The summed E-state index contributed by atoms with van der Waals surface area (Å²) < 4.78 is 21.6. The molecule has 1 amide bonds. The van der Waals surface area contributed by atoms with Crippen molar-refractivity contribution in [2.45, 2.75) is 43.4 Å². The molecule has 1 unspecified atom stereocenters. The van der Waals surface area contributed by atoms with Crippen molar-refractivity contribution in [3.8, 4) is 5.88 Å². The molecular formula is C22H30N4O5. The van der Waals surface area contributed by atoms with Gasteiger partial charge in [-0.05, 0) is 38.2 Å². The molecular weight excluding hydrogens is 400 g/mol. The Morgan fingerprint density at radius 2 is 2.13 bits per heavy atom. The van der Waals surface area contributed by atoms with Gasteiger partial charge in [-0.25, -0.2) is 4.98 Å². The molecule has 0 radical (unpaired) electrons. The van der Waals surface area contributed by atoms with E-state index in [0.29, 0.717) is 42.9 Å². The SMILES string of the molecule is COCCC1(c2noc(C3CCOCC3)n2)CCCN(C(=O)c2ccc(OC)nc2)C1. The minimum Gasteiger partial charge on any atom is -0.481 e. The number of carbonyl (C=O) groups excluding carboxylic acids is 1. The van der Waals surface area contributed by atoms with E-state index >= 15 is 0 Å². The number of carbonyl (C=O) groups is 1. The molecule has 168 valence electrons. The Morgan fingerprint density at radius 1 is 1.29 bits per heavy atom. The van der Waals surface area contributed by atoms with E-state index in [2.05, 4.69) is 10.1 Å². The monoisotopic (exact) mass is 430 g/mol. The second kappa shape index (κ2) is 9.74. The number of amides is 1. The number of likely N-dealkylation sites (tertiary alicyclic amines) is 1. The largest absolute Gasteiger partial charge is 0.481 e. The van der Waals surface area contributed by atoms with Crippen molar-refractivity contribution in [3.05, 3.63) is 35.6 Å². The van der Waals surface area contributed by atoms with Crippen molar-refractivity contribution in [3.63, 3.8) is 0 Å². The molecule has 9 heteroatoms. The van der Waals surface area contributed by atoms with Gasteiger partial charge in [0, 0.05) is 58.2 Å². The number of hydrogen-bond donors (Lipinski definition) is 0. The highest BCUT2D eigenvalue weighted by Crippen LogP contribution is 2.37. The van der Waals surface area contributed by atoms with Crippen LogP contribution >= 0.6 is 0 Å². The first-order valence-electron chi connectivity index (χ1n) is 10.9. The van der Waals surface area contributed by atoms with Gasteiger partial charge in [0.1, 0.15) is 0 Å². The molecule has 2 aromatic rings. The summed E-state index contributed by atoms with van der Waals surface area (Å²) in [7, 11) is 3.24. The Balaban J connectivity index is 1.56. The number of rotatable bonds is 7. The predicted molar refractivity (Wildman–Crippen MR) is 111 cm³/mol. The maximum absolute atomic E-state index is 13.2. The zero-order valence-electron chi connectivity index (χ0n) is 18.2. The van der Waals surface area contributed by atoms with Gasteiger partial charge in [-0.1, -0.05) is 5.16 Å². The summed E-state index contributed by atoms with van der Waals surface area (Å²) in [6.07, 6.45) is 5.81. The number of aromatic nitrogens is 3. The normalized spacial score (nSPS) is 22.5. The molecule has 2 aliphatic heterocycles. The molecule has 31 heavy (non-hydrogen) atoms. The van der Waals surface area contributed by atoms with Gasteiger partial charge in [0.2, 0.25) is 11.8 Å². The lowest BCUT2D eigenvalue weighted by molar-refractivity contribution is 0.0566. The third-order valence-electron chi connectivity index (χ3n) is 6.33. The Morgan fingerprint density at radius 3 is 2.84 bits per heavy atom. The highest BCUT2D eigenvalue weighted by Gasteiger charge is 2.43. The Labute approximate surface area is 182 Å². The van der Waals surface area contributed by atoms with Crippen LogP contribution in [0.2, 0.25) is 0 Å². The van der Waals surface area contributed by atoms with Crippen LogP contribution in [0.1, 0.15) is 60.1 Å². The van der Waals surface area contributed by atoms with Crippen LogP contribution in [0.5, 0.6) is 5.88 Å². The van der Waals surface area contributed by atoms with Crippen LogP contribution in [0.3, 0.4) is 0 Å². The quantitative estimate of drug-likeness (QED) is 0.661. The zero-order chi connectivity index (χ0) is 21.7. The minimum absolute atomic E-state index is 0.0511. The van der Waals surface area contributed by atoms with Gasteiger partial charge < -0.3 is 23.6 Å². The first kappa shape index (κ1) is 21.7. The van der Waals surface area contributed by atoms with Gasteiger partial charge in [-0.15, -0.1) is 0 Å². The molecule has 0 aliphatic carbocycles. The summed E-state index contributed by atoms with van der Waals surface area (Å²) in [5.41, 5.74) is 0.149. The van der Waals surface area contributed by atoms with E-state index in [1.807, 2.05) is 4.90 Å². The van der Waals surface area contributed by atoms with Crippen LogP contribution in [0.15, 0.2) is 22.9 Å². The first-order valence-corrected chi connectivity index (χ1v) is 10.9. The highest BCUT2D eigenvalue weighted by molar-refractivity contribution is 5.94. The Hall–Kier alpha value is -2.52. The topological polar surface area (TPSA) is 99.8 Å². The molecule has 2 fully saturated rings. The molecule has 0 aromatic carbocycles. The molecule has 9 nitrogen and oxygen atoms in total. The van der Waals surface area contributed by atoms with E-state index in [1.165, 1.54) is 0 Å². The molecule has 0 saturated carbocycles. The van der Waals surface area contributed by atoms with E-state index in [-0.39, 0.29) is 11.8 Å². The average molecular weight is 431 g/mol. The first-order chi connectivity index (χ1) is 15.1. The minimum atomic E-state index is -0.392. The van der Waals surface area contributed by atoms with E-state index in [1.54, 1.807) is 32.5 Å². The van der Waals surface area contributed by atoms with Crippen molar-refractivity contribution in [2.24, 2.45) is 0 Å².